The number of nitriles is 1. The third kappa shape index (κ3) is 3.39. The summed E-state index contributed by atoms with van der Waals surface area (Å²) in [6, 6.07) is 5.28. The molecule has 0 saturated heterocycles. The van der Waals surface area contributed by atoms with E-state index in [2.05, 4.69) is 5.32 Å². The second-order valence-electron chi connectivity index (χ2n) is 3.75. The Balaban J connectivity index is 2.80. The molecule has 0 unspecified atom stereocenters. The molecule has 1 rings (SSSR count). The normalized spacial score (nSPS) is 9.44. The summed E-state index contributed by atoms with van der Waals surface area (Å²) in [5, 5.41) is 10.8. The van der Waals surface area contributed by atoms with Gasteiger partial charge in [0.25, 0.3) is 0 Å². The molecule has 0 atom stereocenters. The van der Waals surface area contributed by atoms with Crippen LogP contribution in [-0.4, -0.2) is 26.7 Å². The second kappa shape index (κ2) is 6.50. The predicted octanol–water partition coefficient (Wildman–Crippen LogP) is 1.19. The minimum atomic E-state index is -0.631. The van der Waals surface area contributed by atoms with Gasteiger partial charge in [0.1, 0.15) is 11.5 Å². The van der Waals surface area contributed by atoms with E-state index >= 15 is 0 Å². The van der Waals surface area contributed by atoms with Crippen LogP contribution in [0, 0.1) is 18.3 Å². The van der Waals surface area contributed by atoms with Crippen molar-refractivity contribution in [1.82, 2.24) is 5.32 Å². The SMILES string of the molecule is COc1cc(CCNC(=O)C#N)c(OC)cc1C. The van der Waals surface area contributed by atoms with Crippen molar-refractivity contribution in [2.75, 3.05) is 20.8 Å². The molecule has 1 N–H and O–H groups in total. The summed E-state index contributed by atoms with van der Waals surface area (Å²) in [4.78, 5) is 10.8. The first kappa shape index (κ1) is 13.8. The van der Waals surface area contributed by atoms with Crippen molar-refractivity contribution in [3.05, 3.63) is 23.3 Å². The maximum atomic E-state index is 10.8. The first-order valence-corrected chi connectivity index (χ1v) is 5.51. The topological polar surface area (TPSA) is 71.3 Å². The summed E-state index contributed by atoms with van der Waals surface area (Å²) in [6.45, 7) is 2.32. The van der Waals surface area contributed by atoms with Gasteiger partial charge in [-0.1, -0.05) is 0 Å². The fourth-order valence-corrected chi connectivity index (χ4v) is 1.66. The fourth-order valence-electron chi connectivity index (χ4n) is 1.66. The van der Waals surface area contributed by atoms with Crippen LogP contribution in [0.2, 0.25) is 0 Å². The molecule has 18 heavy (non-hydrogen) atoms. The lowest BCUT2D eigenvalue weighted by atomic mass is 10.1. The second-order valence-corrected chi connectivity index (χ2v) is 3.75. The molecule has 1 aromatic rings. The van der Waals surface area contributed by atoms with Gasteiger partial charge in [0.2, 0.25) is 0 Å². The first-order valence-electron chi connectivity index (χ1n) is 5.51. The lowest BCUT2D eigenvalue weighted by Crippen LogP contribution is -2.23. The predicted molar refractivity (Wildman–Crippen MR) is 66.6 cm³/mol. The van der Waals surface area contributed by atoms with Gasteiger partial charge in [-0.2, -0.15) is 5.26 Å². The van der Waals surface area contributed by atoms with E-state index in [1.54, 1.807) is 14.2 Å². The number of nitrogens with one attached hydrogen (secondary N) is 1. The van der Waals surface area contributed by atoms with Gasteiger partial charge in [0, 0.05) is 6.54 Å². The third-order valence-corrected chi connectivity index (χ3v) is 2.58. The molecule has 0 radical (unpaired) electrons. The van der Waals surface area contributed by atoms with Crippen molar-refractivity contribution >= 4 is 5.91 Å². The molecule has 1 aromatic carbocycles. The van der Waals surface area contributed by atoms with E-state index in [-0.39, 0.29) is 0 Å². The van der Waals surface area contributed by atoms with Gasteiger partial charge in [-0.15, -0.1) is 0 Å². The number of rotatable bonds is 5. The Morgan fingerprint density at radius 2 is 2.00 bits per heavy atom. The quantitative estimate of drug-likeness (QED) is 0.795. The van der Waals surface area contributed by atoms with Crippen LogP contribution in [0.1, 0.15) is 11.1 Å². The lowest BCUT2D eigenvalue weighted by Gasteiger charge is -2.12. The maximum absolute atomic E-state index is 10.8. The molecule has 0 spiro atoms. The zero-order valence-electron chi connectivity index (χ0n) is 10.7. The van der Waals surface area contributed by atoms with E-state index in [1.165, 1.54) is 6.07 Å². The number of ether oxygens (including phenoxy) is 2. The Labute approximate surface area is 106 Å². The molecule has 1 amide bonds. The highest BCUT2D eigenvalue weighted by atomic mass is 16.5. The largest absolute Gasteiger partial charge is 0.496 e. The van der Waals surface area contributed by atoms with E-state index in [1.807, 2.05) is 19.1 Å². The Hall–Kier alpha value is -2.22. The summed E-state index contributed by atoms with van der Waals surface area (Å²) in [5.74, 6) is 0.893. The van der Waals surface area contributed by atoms with Crippen molar-refractivity contribution in [3.63, 3.8) is 0 Å². The van der Waals surface area contributed by atoms with Gasteiger partial charge < -0.3 is 14.8 Å². The average molecular weight is 248 g/mol. The van der Waals surface area contributed by atoms with Crippen molar-refractivity contribution in [1.29, 1.82) is 5.26 Å². The maximum Gasteiger partial charge on any atom is 0.322 e. The Morgan fingerprint density at radius 3 is 2.56 bits per heavy atom. The van der Waals surface area contributed by atoms with E-state index in [0.717, 1.165) is 22.6 Å². The minimum absolute atomic E-state index is 0.384. The van der Waals surface area contributed by atoms with E-state index < -0.39 is 5.91 Å². The van der Waals surface area contributed by atoms with E-state index in [9.17, 15) is 4.79 Å². The van der Waals surface area contributed by atoms with Crippen LogP contribution in [0.3, 0.4) is 0 Å². The minimum Gasteiger partial charge on any atom is -0.496 e. The third-order valence-electron chi connectivity index (χ3n) is 2.58. The molecule has 0 aromatic heterocycles. The van der Waals surface area contributed by atoms with Crippen molar-refractivity contribution in [3.8, 4) is 17.6 Å². The molecule has 0 heterocycles. The van der Waals surface area contributed by atoms with Crippen molar-refractivity contribution < 1.29 is 14.3 Å². The first-order chi connectivity index (χ1) is 8.62. The van der Waals surface area contributed by atoms with Gasteiger partial charge in [0.15, 0.2) is 6.07 Å². The van der Waals surface area contributed by atoms with Gasteiger partial charge in [0.05, 0.1) is 14.2 Å². The zero-order chi connectivity index (χ0) is 13.5. The summed E-state index contributed by atoms with van der Waals surface area (Å²) >= 11 is 0. The van der Waals surface area contributed by atoms with Crippen LogP contribution in [-0.2, 0) is 11.2 Å². The summed E-state index contributed by atoms with van der Waals surface area (Å²) in [6.07, 6.45) is 0.577. The average Bonchev–Trinajstić information content (AvgIpc) is 2.39. The van der Waals surface area contributed by atoms with Crippen LogP contribution >= 0.6 is 0 Å². The lowest BCUT2D eigenvalue weighted by molar-refractivity contribution is -0.115. The van der Waals surface area contributed by atoms with Gasteiger partial charge >= 0.3 is 5.91 Å². The highest BCUT2D eigenvalue weighted by Gasteiger charge is 2.08. The zero-order valence-corrected chi connectivity index (χ0v) is 10.7. The highest BCUT2D eigenvalue weighted by molar-refractivity contribution is 5.91. The number of amides is 1. The molecule has 96 valence electrons. The summed E-state index contributed by atoms with van der Waals surface area (Å²) < 4.78 is 10.5. The van der Waals surface area contributed by atoms with Crippen molar-refractivity contribution in [2.24, 2.45) is 0 Å². The summed E-state index contributed by atoms with van der Waals surface area (Å²) in [7, 11) is 3.20. The van der Waals surface area contributed by atoms with Crippen molar-refractivity contribution in [2.45, 2.75) is 13.3 Å². The van der Waals surface area contributed by atoms with Crippen LogP contribution in [0.5, 0.6) is 11.5 Å². The number of aryl methyl sites for hydroxylation is 1. The molecule has 0 saturated carbocycles. The van der Waals surface area contributed by atoms with Gasteiger partial charge in [-0.05, 0) is 36.6 Å². The van der Waals surface area contributed by atoms with E-state index in [4.69, 9.17) is 14.7 Å². The molecule has 5 heteroatoms. The number of hydrogen-bond donors (Lipinski definition) is 1. The number of carbonyl (C=O) groups is 1. The number of hydrogen-bond acceptors (Lipinski definition) is 4. The Morgan fingerprint density at radius 1 is 1.33 bits per heavy atom. The van der Waals surface area contributed by atoms with Crippen LogP contribution < -0.4 is 14.8 Å². The molecule has 0 fully saturated rings. The molecule has 0 aliphatic rings. The monoisotopic (exact) mass is 248 g/mol. The van der Waals surface area contributed by atoms with Crippen LogP contribution in [0.25, 0.3) is 0 Å². The van der Waals surface area contributed by atoms with E-state index in [0.29, 0.717) is 13.0 Å². The molecular formula is C13H16N2O3. The van der Waals surface area contributed by atoms with Gasteiger partial charge in [-0.25, -0.2) is 0 Å². The highest BCUT2D eigenvalue weighted by Crippen LogP contribution is 2.28. The smallest absolute Gasteiger partial charge is 0.322 e. The number of benzene rings is 1. The van der Waals surface area contributed by atoms with Crippen LogP contribution in [0.4, 0.5) is 0 Å². The van der Waals surface area contributed by atoms with Gasteiger partial charge in [-0.3, -0.25) is 4.79 Å². The molecule has 0 aliphatic heterocycles. The number of carbonyl (C=O) groups excluding carboxylic acids is 1. The molecule has 5 nitrogen and oxygen atoms in total. The Kier molecular flexibility index (Phi) is 5.00. The standard InChI is InChI=1S/C13H16N2O3/c1-9-6-12(18-3)10(7-11(9)17-2)4-5-15-13(16)8-14/h6-7H,4-5H2,1-3H3,(H,15,16). The Bertz CT molecular complexity index is 478. The molecule has 0 aliphatic carbocycles. The summed E-state index contributed by atoms with van der Waals surface area (Å²) in [5.41, 5.74) is 1.91. The van der Waals surface area contributed by atoms with Crippen LogP contribution in [0.15, 0.2) is 12.1 Å². The molecular weight excluding hydrogens is 232 g/mol. The molecule has 0 bridgehead atoms. The number of methoxy groups -OCH3 is 2. The number of nitrogens with zero attached hydrogens (tertiary/aromatic N) is 1. The fraction of sp³-hybridized carbons (Fsp3) is 0.385.